The van der Waals surface area contributed by atoms with Gasteiger partial charge in [-0.15, -0.1) is 11.3 Å². The van der Waals surface area contributed by atoms with Crippen molar-refractivity contribution in [3.05, 3.63) is 104 Å². The Kier molecular flexibility index (Phi) is 6.13. The Morgan fingerprint density at radius 2 is 1.87 bits per heavy atom. The fourth-order valence-corrected chi connectivity index (χ4v) is 3.78. The van der Waals surface area contributed by atoms with E-state index in [-0.39, 0.29) is 17.5 Å². The van der Waals surface area contributed by atoms with Crippen LogP contribution in [0, 0.1) is 15.9 Å². The molecule has 0 unspecified atom stereocenters. The van der Waals surface area contributed by atoms with Crippen LogP contribution in [-0.2, 0) is 6.42 Å². The van der Waals surface area contributed by atoms with Crippen LogP contribution in [0.2, 0.25) is 0 Å². The van der Waals surface area contributed by atoms with E-state index in [0.717, 1.165) is 12.0 Å². The molecule has 0 N–H and O–H groups in total. The van der Waals surface area contributed by atoms with E-state index < -0.39 is 4.92 Å². The molecule has 0 bridgehead atoms. The monoisotopic (exact) mass is 436 g/mol. The summed E-state index contributed by atoms with van der Waals surface area (Å²) in [7, 11) is 0. The molecule has 0 saturated carbocycles. The van der Waals surface area contributed by atoms with E-state index in [2.05, 4.69) is 10.1 Å². The molecule has 4 aromatic rings. The summed E-state index contributed by atoms with van der Waals surface area (Å²) in [6, 6.07) is 19.1. The molecule has 0 amide bonds. The summed E-state index contributed by atoms with van der Waals surface area (Å²) < 4.78 is 21.1. The third-order valence-corrected chi connectivity index (χ3v) is 5.27. The Morgan fingerprint density at radius 3 is 2.61 bits per heavy atom. The summed E-state index contributed by atoms with van der Waals surface area (Å²) >= 11 is 1.34. The number of rotatable bonds is 7. The van der Waals surface area contributed by atoms with Gasteiger partial charge in [0.2, 0.25) is 4.80 Å². The SMILES string of the molecule is O=[N+]([O-])c1ccc(C=Nn2c(-c3ccccc3F)csc2=NCCc2ccccc2)o1. The molecule has 2 aromatic heterocycles. The lowest BCUT2D eigenvalue weighted by Crippen LogP contribution is -2.13. The van der Waals surface area contributed by atoms with Gasteiger partial charge in [0.1, 0.15) is 10.7 Å². The second-order valence-electron chi connectivity index (χ2n) is 6.49. The molecule has 156 valence electrons. The number of benzene rings is 2. The van der Waals surface area contributed by atoms with Crippen molar-refractivity contribution in [2.24, 2.45) is 10.1 Å². The lowest BCUT2D eigenvalue weighted by molar-refractivity contribution is -0.402. The molecule has 0 atom stereocenters. The first-order valence-electron chi connectivity index (χ1n) is 9.40. The fourth-order valence-electron chi connectivity index (χ4n) is 2.92. The van der Waals surface area contributed by atoms with E-state index in [4.69, 9.17) is 4.42 Å². The molecule has 0 saturated heterocycles. The second kappa shape index (κ2) is 9.31. The number of nitrogens with zero attached hydrogens (tertiary/aromatic N) is 4. The van der Waals surface area contributed by atoms with Crippen LogP contribution < -0.4 is 4.80 Å². The summed E-state index contributed by atoms with van der Waals surface area (Å²) in [5, 5.41) is 17.0. The minimum atomic E-state index is -0.621. The molecule has 0 aliphatic rings. The molecule has 0 fully saturated rings. The van der Waals surface area contributed by atoms with Crippen LogP contribution in [0.4, 0.5) is 10.3 Å². The molecule has 7 nitrogen and oxygen atoms in total. The van der Waals surface area contributed by atoms with Gasteiger partial charge in [0.25, 0.3) is 0 Å². The number of halogens is 1. The Morgan fingerprint density at radius 1 is 1.10 bits per heavy atom. The topological polar surface area (TPSA) is 85.9 Å². The van der Waals surface area contributed by atoms with E-state index in [1.807, 2.05) is 30.3 Å². The summed E-state index contributed by atoms with van der Waals surface area (Å²) in [6.07, 6.45) is 2.10. The molecule has 2 heterocycles. The predicted molar refractivity (Wildman–Crippen MR) is 117 cm³/mol. The molecule has 0 aliphatic carbocycles. The molecular weight excluding hydrogens is 419 g/mol. The molecular formula is C22H17FN4O3S. The zero-order chi connectivity index (χ0) is 21.6. The Balaban J connectivity index is 1.69. The van der Waals surface area contributed by atoms with Crippen molar-refractivity contribution < 1.29 is 13.7 Å². The van der Waals surface area contributed by atoms with Gasteiger partial charge in [-0.25, -0.2) is 9.07 Å². The molecule has 31 heavy (non-hydrogen) atoms. The minimum Gasteiger partial charge on any atom is -0.400 e. The Labute approximate surface area is 180 Å². The highest BCUT2D eigenvalue weighted by atomic mass is 32.1. The standard InChI is InChI=1S/C22H17FN4O3S/c23-19-9-5-4-8-18(19)20-15-31-22(24-13-12-16-6-2-1-3-7-16)26(20)25-14-17-10-11-21(30-17)27(28)29/h1-11,14-15H,12-13H2. The van der Waals surface area contributed by atoms with Crippen molar-refractivity contribution in [2.75, 3.05) is 6.54 Å². The fraction of sp³-hybridized carbons (Fsp3) is 0.0909. The van der Waals surface area contributed by atoms with E-state index in [0.29, 0.717) is 22.6 Å². The summed E-state index contributed by atoms with van der Waals surface area (Å²) in [6.45, 7) is 0.531. The maximum Gasteiger partial charge on any atom is 0.433 e. The quantitative estimate of drug-likeness (QED) is 0.235. The van der Waals surface area contributed by atoms with E-state index in [9.17, 15) is 14.5 Å². The molecule has 2 aromatic carbocycles. The maximum atomic E-state index is 14.4. The number of furan rings is 1. The van der Waals surface area contributed by atoms with Crippen LogP contribution >= 0.6 is 11.3 Å². The smallest absolute Gasteiger partial charge is 0.400 e. The highest BCUT2D eigenvalue weighted by Gasteiger charge is 2.13. The van der Waals surface area contributed by atoms with Crippen LogP contribution in [0.5, 0.6) is 0 Å². The normalized spacial score (nSPS) is 12.0. The third-order valence-electron chi connectivity index (χ3n) is 4.42. The molecule has 4 rings (SSSR count). The number of hydrogen-bond acceptors (Lipinski definition) is 6. The maximum absolute atomic E-state index is 14.4. The molecule has 0 aliphatic heterocycles. The van der Waals surface area contributed by atoms with Crippen molar-refractivity contribution in [2.45, 2.75) is 6.42 Å². The van der Waals surface area contributed by atoms with Crippen LogP contribution in [0.15, 0.2) is 86.6 Å². The van der Waals surface area contributed by atoms with Gasteiger partial charge < -0.3 is 4.42 Å². The van der Waals surface area contributed by atoms with Crippen LogP contribution in [0.3, 0.4) is 0 Å². The largest absolute Gasteiger partial charge is 0.433 e. The van der Waals surface area contributed by atoms with Gasteiger partial charge in [-0.2, -0.15) is 5.10 Å². The van der Waals surface area contributed by atoms with Gasteiger partial charge in [-0.1, -0.05) is 42.5 Å². The second-order valence-corrected chi connectivity index (χ2v) is 7.33. The first-order chi connectivity index (χ1) is 15.1. The van der Waals surface area contributed by atoms with E-state index in [1.54, 1.807) is 23.6 Å². The van der Waals surface area contributed by atoms with Crippen LogP contribution in [0.25, 0.3) is 11.3 Å². The average Bonchev–Trinajstić information content (AvgIpc) is 3.41. The third kappa shape index (κ3) is 4.84. The number of nitro groups is 1. The van der Waals surface area contributed by atoms with E-state index in [1.165, 1.54) is 40.4 Å². The van der Waals surface area contributed by atoms with Crippen LogP contribution in [-0.4, -0.2) is 22.4 Å². The van der Waals surface area contributed by atoms with Crippen LogP contribution in [0.1, 0.15) is 11.3 Å². The first kappa shape index (κ1) is 20.4. The lowest BCUT2D eigenvalue weighted by atomic mass is 10.1. The average molecular weight is 436 g/mol. The molecule has 9 heteroatoms. The van der Waals surface area contributed by atoms with Crippen molar-refractivity contribution in [1.29, 1.82) is 0 Å². The van der Waals surface area contributed by atoms with Gasteiger partial charge in [-0.05, 0) is 30.2 Å². The lowest BCUT2D eigenvalue weighted by Gasteiger charge is -2.04. The van der Waals surface area contributed by atoms with Gasteiger partial charge in [0, 0.05) is 17.5 Å². The predicted octanol–water partition coefficient (Wildman–Crippen LogP) is 4.88. The number of aromatic nitrogens is 1. The van der Waals surface area contributed by atoms with E-state index >= 15 is 0 Å². The zero-order valence-electron chi connectivity index (χ0n) is 16.2. The Hall–Kier alpha value is -3.85. The zero-order valence-corrected chi connectivity index (χ0v) is 17.0. The molecule has 0 spiro atoms. The first-order valence-corrected chi connectivity index (χ1v) is 10.3. The highest BCUT2D eigenvalue weighted by Crippen LogP contribution is 2.23. The Bertz CT molecular complexity index is 1290. The molecule has 0 radical (unpaired) electrons. The van der Waals surface area contributed by atoms with Gasteiger partial charge in [0.15, 0.2) is 5.76 Å². The minimum absolute atomic E-state index is 0.208. The van der Waals surface area contributed by atoms with Crippen molar-refractivity contribution in [3.8, 4) is 11.3 Å². The number of thiazole rings is 1. The van der Waals surface area contributed by atoms with Gasteiger partial charge in [0.05, 0.1) is 18.0 Å². The highest BCUT2D eigenvalue weighted by molar-refractivity contribution is 7.07. The van der Waals surface area contributed by atoms with Crippen molar-refractivity contribution in [3.63, 3.8) is 0 Å². The van der Waals surface area contributed by atoms with Crippen molar-refractivity contribution in [1.82, 2.24) is 4.68 Å². The summed E-state index contributed by atoms with van der Waals surface area (Å²) in [5.41, 5.74) is 2.07. The van der Waals surface area contributed by atoms with Gasteiger partial charge >= 0.3 is 5.88 Å². The van der Waals surface area contributed by atoms with Gasteiger partial charge in [-0.3, -0.25) is 15.1 Å². The summed E-state index contributed by atoms with van der Waals surface area (Å²) in [5.74, 6) is -0.548. The summed E-state index contributed by atoms with van der Waals surface area (Å²) in [4.78, 5) is 15.4. The van der Waals surface area contributed by atoms with Crippen molar-refractivity contribution >= 4 is 23.4 Å². The number of hydrogen-bond donors (Lipinski definition) is 0.